The van der Waals surface area contributed by atoms with Gasteiger partial charge in [0.25, 0.3) is 0 Å². The van der Waals surface area contributed by atoms with E-state index in [1.807, 2.05) is 11.3 Å². The Morgan fingerprint density at radius 1 is 1.41 bits per heavy atom. The second-order valence-corrected chi connectivity index (χ2v) is 6.21. The number of anilines is 1. The first-order valence-corrected chi connectivity index (χ1v) is 7.63. The molecule has 3 rings (SSSR count). The lowest BCUT2D eigenvalue weighted by molar-refractivity contribution is 0.573. The summed E-state index contributed by atoms with van der Waals surface area (Å²) in [6.07, 6.45) is 7.34. The number of hydrogen-bond acceptors (Lipinski definition) is 4. The highest BCUT2D eigenvalue weighted by molar-refractivity contribution is 7.15. The molecule has 0 saturated carbocycles. The van der Waals surface area contributed by atoms with Crippen molar-refractivity contribution in [1.29, 1.82) is 0 Å². The summed E-state index contributed by atoms with van der Waals surface area (Å²) in [4.78, 5) is 8.71. The number of nitrogens with two attached hydrogens (primary N) is 1. The van der Waals surface area contributed by atoms with Crippen LogP contribution < -0.4 is 10.6 Å². The summed E-state index contributed by atoms with van der Waals surface area (Å²) in [6, 6.07) is 0.950. The van der Waals surface area contributed by atoms with E-state index in [1.165, 1.54) is 47.9 Å². The first-order valence-electron chi connectivity index (χ1n) is 6.81. The first kappa shape index (κ1) is 11.5. The molecule has 0 amide bonds. The van der Waals surface area contributed by atoms with E-state index in [2.05, 4.69) is 11.8 Å². The van der Waals surface area contributed by atoms with Gasteiger partial charge in [0.05, 0.1) is 5.69 Å². The molecule has 1 aliphatic carbocycles. The van der Waals surface area contributed by atoms with Gasteiger partial charge in [-0.1, -0.05) is 18.3 Å². The second kappa shape index (κ2) is 4.58. The van der Waals surface area contributed by atoms with Gasteiger partial charge in [0.15, 0.2) is 5.13 Å². The molecule has 1 aromatic rings. The minimum absolute atomic E-state index is 0.243. The van der Waals surface area contributed by atoms with E-state index in [4.69, 9.17) is 10.7 Å². The number of hydrogen-bond donors (Lipinski definition) is 1. The van der Waals surface area contributed by atoms with Crippen molar-refractivity contribution in [3.05, 3.63) is 10.6 Å². The highest BCUT2D eigenvalue weighted by Crippen LogP contribution is 2.38. The highest BCUT2D eigenvalue weighted by atomic mass is 32.1. The SMILES string of the molecule is CCC1CCCN1c1nc2c(s1)C(N)CCC2. The summed E-state index contributed by atoms with van der Waals surface area (Å²) in [5.41, 5.74) is 7.46. The fourth-order valence-electron chi connectivity index (χ4n) is 3.07. The Bertz CT molecular complexity index is 401. The van der Waals surface area contributed by atoms with Crippen LogP contribution in [0.4, 0.5) is 5.13 Å². The van der Waals surface area contributed by atoms with Crippen molar-refractivity contribution in [2.24, 2.45) is 5.73 Å². The van der Waals surface area contributed by atoms with Crippen molar-refractivity contribution < 1.29 is 0 Å². The largest absolute Gasteiger partial charge is 0.345 e. The third kappa shape index (κ3) is 1.97. The number of thiazole rings is 1. The van der Waals surface area contributed by atoms with E-state index in [9.17, 15) is 0 Å². The molecule has 17 heavy (non-hydrogen) atoms. The molecule has 2 aliphatic rings. The Morgan fingerprint density at radius 2 is 2.29 bits per heavy atom. The van der Waals surface area contributed by atoms with Gasteiger partial charge in [0.1, 0.15) is 0 Å². The molecule has 94 valence electrons. The van der Waals surface area contributed by atoms with E-state index in [1.54, 1.807) is 0 Å². The molecule has 1 aromatic heterocycles. The van der Waals surface area contributed by atoms with Crippen LogP contribution in [0.5, 0.6) is 0 Å². The second-order valence-electron chi connectivity index (χ2n) is 5.20. The van der Waals surface area contributed by atoms with Crippen molar-refractivity contribution in [2.45, 2.75) is 57.5 Å². The van der Waals surface area contributed by atoms with Crippen molar-refractivity contribution in [1.82, 2.24) is 4.98 Å². The van der Waals surface area contributed by atoms with E-state index >= 15 is 0 Å². The summed E-state index contributed by atoms with van der Waals surface area (Å²) in [6.45, 7) is 3.46. The molecule has 0 bridgehead atoms. The molecular formula is C13H21N3S. The molecule has 2 unspecified atom stereocenters. The fourth-order valence-corrected chi connectivity index (χ4v) is 4.32. The third-order valence-electron chi connectivity index (χ3n) is 4.08. The molecule has 4 heteroatoms. The predicted molar refractivity (Wildman–Crippen MR) is 72.6 cm³/mol. The Morgan fingerprint density at radius 3 is 3.06 bits per heavy atom. The maximum absolute atomic E-state index is 6.18. The van der Waals surface area contributed by atoms with E-state index in [0.29, 0.717) is 6.04 Å². The van der Waals surface area contributed by atoms with Gasteiger partial charge >= 0.3 is 0 Å². The monoisotopic (exact) mass is 251 g/mol. The van der Waals surface area contributed by atoms with E-state index in [-0.39, 0.29) is 6.04 Å². The van der Waals surface area contributed by atoms with Crippen molar-refractivity contribution in [3.63, 3.8) is 0 Å². The summed E-state index contributed by atoms with van der Waals surface area (Å²) < 4.78 is 0. The summed E-state index contributed by atoms with van der Waals surface area (Å²) in [5.74, 6) is 0. The van der Waals surface area contributed by atoms with Gasteiger partial charge in [-0.05, 0) is 38.5 Å². The normalized spacial score (nSPS) is 28.5. The molecule has 0 radical (unpaired) electrons. The smallest absolute Gasteiger partial charge is 0.186 e. The molecule has 0 spiro atoms. The molecule has 1 fully saturated rings. The first-order chi connectivity index (χ1) is 8.29. The fraction of sp³-hybridized carbons (Fsp3) is 0.769. The summed E-state index contributed by atoms with van der Waals surface area (Å²) in [7, 11) is 0. The molecule has 2 atom stereocenters. The number of nitrogens with zero attached hydrogens (tertiary/aromatic N) is 2. The van der Waals surface area contributed by atoms with Gasteiger partial charge < -0.3 is 10.6 Å². The van der Waals surface area contributed by atoms with Crippen LogP contribution in [0.3, 0.4) is 0 Å². The molecule has 3 nitrogen and oxygen atoms in total. The molecule has 2 N–H and O–H groups in total. The number of rotatable bonds is 2. The standard InChI is InChI=1S/C13H21N3S/c1-2-9-5-4-8-16(9)13-15-11-7-3-6-10(14)12(11)17-13/h9-10H,2-8,14H2,1H3. The van der Waals surface area contributed by atoms with Crippen LogP contribution >= 0.6 is 11.3 Å². The lowest BCUT2D eigenvalue weighted by atomic mass is 9.99. The predicted octanol–water partition coefficient (Wildman–Crippen LogP) is 2.86. The Kier molecular flexibility index (Phi) is 3.09. The third-order valence-corrected chi connectivity index (χ3v) is 5.34. The molecule has 2 heterocycles. The molecular weight excluding hydrogens is 230 g/mol. The maximum atomic E-state index is 6.18. The Labute approximate surface area is 107 Å². The van der Waals surface area contributed by atoms with Gasteiger partial charge in [-0.25, -0.2) is 4.98 Å². The van der Waals surface area contributed by atoms with E-state index < -0.39 is 0 Å². The topological polar surface area (TPSA) is 42.2 Å². The minimum atomic E-state index is 0.243. The average molecular weight is 251 g/mol. The van der Waals surface area contributed by atoms with Crippen LogP contribution in [-0.2, 0) is 6.42 Å². The molecule has 1 saturated heterocycles. The van der Waals surface area contributed by atoms with Crippen molar-refractivity contribution >= 4 is 16.5 Å². The lowest BCUT2D eigenvalue weighted by Crippen LogP contribution is -2.28. The van der Waals surface area contributed by atoms with Crippen molar-refractivity contribution in [3.8, 4) is 0 Å². The Balaban J connectivity index is 1.89. The zero-order chi connectivity index (χ0) is 11.8. The van der Waals surface area contributed by atoms with Gasteiger partial charge in [-0.15, -0.1) is 0 Å². The molecule has 0 aromatic carbocycles. The van der Waals surface area contributed by atoms with Gasteiger partial charge in [-0.3, -0.25) is 0 Å². The van der Waals surface area contributed by atoms with Crippen LogP contribution in [0.1, 0.15) is 55.6 Å². The lowest BCUT2D eigenvalue weighted by Gasteiger charge is -2.22. The van der Waals surface area contributed by atoms with E-state index in [0.717, 1.165) is 12.8 Å². The van der Waals surface area contributed by atoms with Crippen LogP contribution in [-0.4, -0.2) is 17.6 Å². The quantitative estimate of drug-likeness (QED) is 0.879. The summed E-state index contributed by atoms with van der Waals surface area (Å²) in [5, 5.41) is 1.23. The maximum Gasteiger partial charge on any atom is 0.186 e. The highest BCUT2D eigenvalue weighted by Gasteiger charge is 2.28. The number of fused-ring (bicyclic) bond motifs is 1. The summed E-state index contributed by atoms with van der Waals surface area (Å²) >= 11 is 1.85. The van der Waals surface area contributed by atoms with Gasteiger partial charge in [-0.2, -0.15) is 0 Å². The number of aryl methyl sites for hydroxylation is 1. The zero-order valence-corrected chi connectivity index (χ0v) is 11.3. The average Bonchev–Trinajstić information content (AvgIpc) is 2.94. The molecule has 1 aliphatic heterocycles. The van der Waals surface area contributed by atoms with Crippen LogP contribution in [0.25, 0.3) is 0 Å². The van der Waals surface area contributed by atoms with Gasteiger partial charge in [0, 0.05) is 23.5 Å². The Hall–Kier alpha value is -0.610. The van der Waals surface area contributed by atoms with Crippen LogP contribution in [0, 0.1) is 0 Å². The van der Waals surface area contributed by atoms with Crippen LogP contribution in [0.15, 0.2) is 0 Å². The van der Waals surface area contributed by atoms with Crippen LogP contribution in [0.2, 0.25) is 0 Å². The minimum Gasteiger partial charge on any atom is -0.345 e. The van der Waals surface area contributed by atoms with Gasteiger partial charge in [0.2, 0.25) is 0 Å². The zero-order valence-electron chi connectivity index (χ0n) is 10.5. The number of aromatic nitrogens is 1. The van der Waals surface area contributed by atoms with Crippen molar-refractivity contribution in [2.75, 3.05) is 11.4 Å².